The molecule has 2 heteroatoms. The van der Waals surface area contributed by atoms with Crippen LogP contribution in [0.15, 0.2) is 96.2 Å². The zero-order chi connectivity index (χ0) is 20.5. The fraction of sp³-hybridized carbons (Fsp3) is 0.259. The predicted molar refractivity (Wildman–Crippen MR) is 126 cm³/mol. The van der Waals surface area contributed by atoms with Gasteiger partial charge in [0.25, 0.3) is 0 Å². The Morgan fingerprint density at radius 3 is 2.00 bits per heavy atom. The van der Waals surface area contributed by atoms with Crippen LogP contribution in [-0.4, -0.2) is 30.6 Å². The van der Waals surface area contributed by atoms with E-state index in [-0.39, 0.29) is 0 Å². The number of allylic oxidation sites excluding steroid dienone is 4. The molecule has 2 aromatic carbocycles. The van der Waals surface area contributed by atoms with Gasteiger partial charge in [-0.1, -0.05) is 98.8 Å². The van der Waals surface area contributed by atoms with E-state index in [1.807, 2.05) is 0 Å². The second kappa shape index (κ2) is 10.6. The summed E-state index contributed by atoms with van der Waals surface area (Å²) in [4.78, 5) is 2.45. The van der Waals surface area contributed by atoms with Gasteiger partial charge < -0.3 is 5.32 Å². The van der Waals surface area contributed by atoms with E-state index in [2.05, 4.69) is 122 Å². The minimum Gasteiger partial charge on any atom is -0.384 e. The summed E-state index contributed by atoms with van der Waals surface area (Å²) >= 11 is 0. The van der Waals surface area contributed by atoms with Crippen LogP contribution >= 0.6 is 0 Å². The van der Waals surface area contributed by atoms with Gasteiger partial charge in [0, 0.05) is 23.9 Å². The molecule has 0 saturated heterocycles. The van der Waals surface area contributed by atoms with E-state index in [9.17, 15) is 0 Å². The minimum atomic E-state index is 0.370. The first-order valence-electron chi connectivity index (χ1n) is 10.7. The quantitative estimate of drug-likeness (QED) is 0.568. The Labute approximate surface area is 176 Å². The van der Waals surface area contributed by atoms with Gasteiger partial charge in [0.05, 0.1) is 0 Å². The van der Waals surface area contributed by atoms with Crippen molar-refractivity contribution in [2.24, 2.45) is 0 Å². The van der Waals surface area contributed by atoms with Gasteiger partial charge in [-0.15, -0.1) is 0 Å². The molecule has 0 fully saturated rings. The molecule has 0 saturated carbocycles. The minimum absolute atomic E-state index is 0.370. The fourth-order valence-electron chi connectivity index (χ4n) is 3.74. The maximum absolute atomic E-state index is 3.64. The smallest absolute Gasteiger partial charge is 0.0493 e. The second-order valence-electron chi connectivity index (χ2n) is 7.13. The third-order valence-electron chi connectivity index (χ3n) is 5.29. The lowest BCUT2D eigenvalue weighted by Gasteiger charge is -2.27. The van der Waals surface area contributed by atoms with E-state index < -0.39 is 0 Å². The number of nitrogens with one attached hydrogen (secondary N) is 1. The molecule has 0 heterocycles. The zero-order valence-corrected chi connectivity index (χ0v) is 17.8. The predicted octanol–water partition coefficient (Wildman–Crippen LogP) is 5.93. The Bertz CT molecular complexity index is 869. The van der Waals surface area contributed by atoms with Gasteiger partial charge in [0.15, 0.2) is 0 Å². The molecule has 29 heavy (non-hydrogen) atoms. The van der Waals surface area contributed by atoms with Crippen molar-refractivity contribution in [2.75, 3.05) is 19.6 Å². The molecular formula is C27H32N2. The van der Waals surface area contributed by atoms with Gasteiger partial charge in [0.2, 0.25) is 0 Å². The van der Waals surface area contributed by atoms with Gasteiger partial charge >= 0.3 is 0 Å². The summed E-state index contributed by atoms with van der Waals surface area (Å²) in [5.41, 5.74) is 6.03. The number of benzene rings is 2. The van der Waals surface area contributed by atoms with Crippen molar-refractivity contribution in [3.05, 3.63) is 107 Å². The molecule has 0 spiro atoms. The molecular weight excluding hydrogens is 352 g/mol. The number of rotatable bonds is 8. The summed E-state index contributed by atoms with van der Waals surface area (Å²) < 4.78 is 0. The molecule has 0 aromatic heterocycles. The third kappa shape index (κ3) is 5.36. The maximum atomic E-state index is 3.64. The van der Waals surface area contributed by atoms with Crippen molar-refractivity contribution in [1.29, 1.82) is 0 Å². The average molecular weight is 385 g/mol. The summed E-state index contributed by atoms with van der Waals surface area (Å²) in [6, 6.07) is 21.5. The van der Waals surface area contributed by atoms with Crippen LogP contribution in [0.2, 0.25) is 0 Å². The molecule has 0 bridgehead atoms. The highest BCUT2D eigenvalue weighted by Crippen LogP contribution is 2.29. The molecule has 2 nitrogen and oxygen atoms in total. The largest absolute Gasteiger partial charge is 0.384 e. The number of hydrogen-bond donors (Lipinski definition) is 1. The van der Waals surface area contributed by atoms with E-state index in [0.29, 0.717) is 6.04 Å². The topological polar surface area (TPSA) is 15.3 Å². The molecule has 150 valence electrons. The Balaban J connectivity index is 2.06. The van der Waals surface area contributed by atoms with Gasteiger partial charge in [0.1, 0.15) is 0 Å². The van der Waals surface area contributed by atoms with Crippen molar-refractivity contribution in [2.45, 2.75) is 26.8 Å². The number of nitrogens with zero attached hydrogens (tertiary/aromatic N) is 1. The van der Waals surface area contributed by atoms with Crippen molar-refractivity contribution in [3.63, 3.8) is 0 Å². The molecule has 1 aliphatic carbocycles. The summed E-state index contributed by atoms with van der Waals surface area (Å²) in [7, 11) is 0. The monoisotopic (exact) mass is 384 g/mol. The lowest BCUT2D eigenvalue weighted by Crippen LogP contribution is -2.32. The van der Waals surface area contributed by atoms with Gasteiger partial charge in [-0.2, -0.15) is 0 Å². The van der Waals surface area contributed by atoms with Gasteiger partial charge in [-0.25, -0.2) is 0 Å². The maximum Gasteiger partial charge on any atom is 0.0493 e. The lowest BCUT2D eigenvalue weighted by molar-refractivity contribution is 0.287. The molecule has 0 atom stereocenters. The highest BCUT2D eigenvalue weighted by atomic mass is 15.1. The molecule has 0 aliphatic heterocycles. The lowest BCUT2D eigenvalue weighted by atomic mass is 9.94. The van der Waals surface area contributed by atoms with E-state index in [0.717, 1.165) is 19.6 Å². The van der Waals surface area contributed by atoms with Crippen LogP contribution in [0.3, 0.4) is 0 Å². The molecule has 0 unspecified atom stereocenters. The fourth-order valence-corrected chi connectivity index (χ4v) is 3.74. The highest BCUT2D eigenvalue weighted by Gasteiger charge is 2.16. The number of hydrogen-bond acceptors (Lipinski definition) is 2. The van der Waals surface area contributed by atoms with Crippen molar-refractivity contribution >= 4 is 11.6 Å². The molecule has 3 rings (SSSR count). The van der Waals surface area contributed by atoms with Crippen molar-refractivity contribution in [1.82, 2.24) is 10.2 Å². The standard InChI is InChI=1S/C27H32N2/c1-4-28-27(24-17-19-25(20-18-24)29(5-2)6-3)26(23-15-11-8-12-16-23)21-22-13-9-7-10-14-22/h7-21,25,28H,4-6H2,1-3H3. The summed E-state index contributed by atoms with van der Waals surface area (Å²) in [6.45, 7) is 9.57. The van der Waals surface area contributed by atoms with E-state index >= 15 is 0 Å². The normalized spacial score (nSPS) is 16.3. The van der Waals surface area contributed by atoms with Crippen LogP contribution in [0.4, 0.5) is 0 Å². The van der Waals surface area contributed by atoms with Gasteiger partial charge in [-0.05, 0) is 42.8 Å². The summed E-state index contributed by atoms with van der Waals surface area (Å²) in [5, 5.41) is 3.64. The van der Waals surface area contributed by atoms with Crippen LogP contribution in [-0.2, 0) is 0 Å². The average Bonchev–Trinajstić information content (AvgIpc) is 2.79. The first-order chi connectivity index (χ1) is 14.3. The Morgan fingerprint density at radius 2 is 1.45 bits per heavy atom. The number of likely N-dealkylation sites (N-methyl/N-ethyl adjacent to an activating group) is 2. The van der Waals surface area contributed by atoms with Crippen molar-refractivity contribution < 1.29 is 0 Å². The summed E-state index contributed by atoms with van der Waals surface area (Å²) in [6.07, 6.45) is 11.4. The van der Waals surface area contributed by atoms with Crippen LogP contribution in [0, 0.1) is 0 Å². The van der Waals surface area contributed by atoms with Crippen LogP contribution in [0.25, 0.3) is 11.6 Å². The Morgan fingerprint density at radius 1 is 0.862 bits per heavy atom. The van der Waals surface area contributed by atoms with Crippen molar-refractivity contribution in [3.8, 4) is 0 Å². The van der Waals surface area contributed by atoms with E-state index in [1.165, 1.54) is 28.0 Å². The Kier molecular flexibility index (Phi) is 7.66. The SMILES string of the molecule is CCNC(C(=Cc1ccccc1)c1ccccc1)=C1C=CC(N(CC)CC)C=C1. The van der Waals surface area contributed by atoms with Crippen LogP contribution in [0.1, 0.15) is 31.9 Å². The third-order valence-corrected chi connectivity index (χ3v) is 5.29. The van der Waals surface area contributed by atoms with Gasteiger partial charge in [-0.3, -0.25) is 4.90 Å². The van der Waals surface area contributed by atoms with E-state index in [4.69, 9.17) is 0 Å². The zero-order valence-electron chi connectivity index (χ0n) is 17.8. The molecule has 0 radical (unpaired) electrons. The molecule has 1 N–H and O–H groups in total. The molecule has 0 amide bonds. The van der Waals surface area contributed by atoms with Crippen LogP contribution in [0.5, 0.6) is 0 Å². The molecule has 2 aromatic rings. The Hall–Kier alpha value is -2.84. The summed E-state index contributed by atoms with van der Waals surface area (Å²) in [5.74, 6) is 0. The second-order valence-corrected chi connectivity index (χ2v) is 7.13. The highest BCUT2D eigenvalue weighted by molar-refractivity contribution is 5.92. The molecule has 1 aliphatic rings. The van der Waals surface area contributed by atoms with Crippen LogP contribution < -0.4 is 5.32 Å². The first kappa shape index (κ1) is 20.9. The van der Waals surface area contributed by atoms with E-state index in [1.54, 1.807) is 0 Å². The first-order valence-corrected chi connectivity index (χ1v) is 10.7.